The number of nitrogens with one attached hydrogen (secondary N) is 1. The monoisotopic (exact) mass is 373 g/mol. The molecule has 0 spiro atoms. The first-order chi connectivity index (χ1) is 10.4. The number of aromatic nitrogens is 1. The quantitative estimate of drug-likeness (QED) is 0.814. The van der Waals surface area contributed by atoms with E-state index in [9.17, 15) is 4.79 Å². The summed E-state index contributed by atoms with van der Waals surface area (Å²) in [6.45, 7) is 5.12. The highest BCUT2D eigenvalue weighted by Gasteiger charge is 2.24. The van der Waals surface area contributed by atoms with Gasteiger partial charge in [0.05, 0.1) is 5.01 Å². The Morgan fingerprint density at radius 2 is 2.09 bits per heavy atom. The normalized spacial score (nSPS) is 11.0. The first-order valence-corrected chi connectivity index (χ1v) is 8.37. The van der Waals surface area contributed by atoms with Gasteiger partial charge in [0.15, 0.2) is 0 Å². The largest absolute Gasteiger partial charge is 0.350 e. The summed E-state index contributed by atoms with van der Waals surface area (Å²) in [7, 11) is 0. The standard InChI is InChI=1S/C16H20ClN3OS.ClH/c1-16(2,11-5-3-4-6-12(11)17)10-19-15(21)13-9-22-14(20-13)7-8-18;/h3-6,9H,7-8,10,18H2,1-2H3,(H,19,21);1H. The summed E-state index contributed by atoms with van der Waals surface area (Å²) in [5.74, 6) is -0.167. The second-order valence-corrected chi connectivity index (χ2v) is 7.06. The fourth-order valence-corrected chi connectivity index (χ4v) is 3.34. The first-order valence-electron chi connectivity index (χ1n) is 7.12. The van der Waals surface area contributed by atoms with Gasteiger partial charge in [-0.2, -0.15) is 0 Å². The lowest BCUT2D eigenvalue weighted by Gasteiger charge is -2.26. The number of carbonyl (C=O) groups excluding carboxylic acids is 1. The van der Waals surface area contributed by atoms with Gasteiger partial charge in [0.2, 0.25) is 0 Å². The maximum Gasteiger partial charge on any atom is 0.270 e. The molecule has 0 aliphatic rings. The van der Waals surface area contributed by atoms with Crippen LogP contribution in [0.15, 0.2) is 29.6 Å². The van der Waals surface area contributed by atoms with Crippen molar-refractivity contribution in [2.75, 3.05) is 13.1 Å². The molecular formula is C16H21Cl2N3OS. The molecule has 2 rings (SSSR count). The van der Waals surface area contributed by atoms with Crippen LogP contribution in [0.5, 0.6) is 0 Å². The van der Waals surface area contributed by atoms with Crippen molar-refractivity contribution in [2.45, 2.75) is 25.7 Å². The van der Waals surface area contributed by atoms with Gasteiger partial charge in [-0.25, -0.2) is 4.98 Å². The van der Waals surface area contributed by atoms with Crippen molar-refractivity contribution in [3.63, 3.8) is 0 Å². The summed E-state index contributed by atoms with van der Waals surface area (Å²) in [6, 6.07) is 7.69. The van der Waals surface area contributed by atoms with Crippen molar-refractivity contribution in [1.29, 1.82) is 0 Å². The van der Waals surface area contributed by atoms with E-state index >= 15 is 0 Å². The molecule has 23 heavy (non-hydrogen) atoms. The highest BCUT2D eigenvalue weighted by molar-refractivity contribution is 7.09. The Morgan fingerprint density at radius 3 is 2.74 bits per heavy atom. The van der Waals surface area contributed by atoms with Crippen molar-refractivity contribution in [2.24, 2.45) is 5.73 Å². The van der Waals surface area contributed by atoms with E-state index in [0.29, 0.717) is 30.2 Å². The number of nitrogens with two attached hydrogens (primary N) is 1. The Balaban J connectivity index is 0.00000264. The van der Waals surface area contributed by atoms with E-state index in [1.807, 2.05) is 24.3 Å². The molecule has 0 saturated heterocycles. The van der Waals surface area contributed by atoms with Crippen molar-refractivity contribution in [1.82, 2.24) is 10.3 Å². The fraction of sp³-hybridized carbons (Fsp3) is 0.375. The number of thiazole rings is 1. The minimum atomic E-state index is -0.260. The van der Waals surface area contributed by atoms with Crippen LogP contribution in [0.25, 0.3) is 0 Å². The van der Waals surface area contributed by atoms with Crippen LogP contribution in [-0.2, 0) is 11.8 Å². The van der Waals surface area contributed by atoms with Gasteiger partial charge in [-0.1, -0.05) is 43.6 Å². The van der Waals surface area contributed by atoms with E-state index in [0.717, 1.165) is 10.6 Å². The number of hydrogen-bond donors (Lipinski definition) is 2. The molecule has 0 fully saturated rings. The van der Waals surface area contributed by atoms with Crippen LogP contribution < -0.4 is 11.1 Å². The number of nitrogens with zero attached hydrogens (tertiary/aromatic N) is 1. The summed E-state index contributed by atoms with van der Waals surface area (Å²) in [5, 5.41) is 6.30. The van der Waals surface area contributed by atoms with Crippen LogP contribution in [0.4, 0.5) is 0 Å². The molecule has 3 N–H and O–H groups in total. The van der Waals surface area contributed by atoms with Crippen LogP contribution >= 0.6 is 35.3 Å². The van der Waals surface area contributed by atoms with Gasteiger partial charge < -0.3 is 11.1 Å². The Labute approximate surface area is 151 Å². The second-order valence-electron chi connectivity index (χ2n) is 5.71. The van der Waals surface area contributed by atoms with Gasteiger partial charge in [-0.3, -0.25) is 4.79 Å². The molecule has 4 nitrogen and oxygen atoms in total. The molecule has 0 saturated carbocycles. The average Bonchev–Trinajstić information content (AvgIpc) is 2.94. The van der Waals surface area contributed by atoms with Crippen LogP contribution in [0.3, 0.4) is 0 Å². The van der Waals surface area contributed by atoms with Gasteiger partial charge in [-0.05, 0) is 18.2 Å². The van der Waals surface area contributed by atoms with Crippen molar-refractivity contribution in [3.8, 4) is 0 Å². The van der Waals surface area contributed by atoms with Crippen LogP contribution in [0, 0.1) is 0 Å². The highest BCUT2D eigenvalue weighted by Crippen LogP contribution is 2.29. The maximum absolute atomic E-state index is 12.2. The van der Waals surface area contributed by atoms with E-state index in [-0.39, 0.29) is 23.7 Å². The van der Waals surface area contributed by atoms with Crippen LogP contribution in [0.1, 0.15) is 34.9 Å². The van der Waals surface area contributed by atoms with Crippen molar-refractivity contribution >= 4 is 41.3 Å². The minimum absolute atomic E-state index is 0. The molecule has 0 unspecified atom stereocenters. The lowest BCUT2D eigenvalue weighted by atomic mass is 9.84. The molecule has 1 aromatic carbocycles. The molecule has 2 aromatic rings. The van der Waals surface area contributed by atoms with Gasteiger partial charge >= 0.3 is 0 Å². The minimum Gasteiger partial charge on any atom is -0.350 e. The van der Waals surface area contributed by atoms with Gasteiger partial charge in [0, 0.05) is 28.8 Å². The smallest absolute Gasteiger partial charge is 0.270 e. The maximum atomic E-state index is 12.2. The molecule has 0 atom stereocenters. The zero-order valence-electron chi connectivity index (χ0n) is 13.1. The Morgan fingerprint density at radius 1 is 1.39 bits per heavy atom. The molecule has 1 aromatic heterocycles. The number of amides is 1. The van der Waals surface area contributed by atoms with Gasteiger partial charge in [0.1, 0.15) is 5.69 Å². The summed E-state index contributed by atoms with van der Waals surface area (Å²) in [5.41, 5.74) is 6.69. The predicted octanol–water partition coefficient (Wildman–Crippen LogP) is 3.43. The Bertz CT molecular complexity index is 658. The van der Waals surface area contributed by atoms with Gasteiger partial charge in [-0.15, -0.1) is 23.7 Å². The highest BCUT2D eigenvalue weighted by atomic mass is 35.5. The summed E-state index contributed by atoms with van der Waals surface area (Å²) in [6.07, 6.45) is 0.697. The molecule has 7 heteroatoms. The number of benzene rings is 1. The third-order valence-corrected chi connectivity index (χ3v) is 4.67. The van der Waals surface area contributed by atoms with Crippen molar-refractivity contribution in [3.05, 3.63) is 50.9 Å². The van der Waals surface area contributed by atoms with Gasteiger partial charge in [0.25, 0.3) is 5.91 Å². The zero-order valence-corrected chi connectivity index (χ0v) is 15.5. The first kappa shape index (κ1) is 19.9. The summed E-state index contributed by atoms with van der Waals surface area (Å²) < 4.78 is 0. The third kappa shape index (κ3) is 5.18. The predicted molar refractivity (Wildman–Crippen MR) is 98.9 cm³/mol. The van der Waals surface area contributed by atoms with Crippen molar-refractivity contribution < 1.29 is 4.79 Å². The Kier molecular flexibility index (Phi) is 7.48. The molecule has 0 aliphatic heterocycles. The van der Waals surface area contributed by atoms with E-state index in [4.69, 9.17) is 17.3 Å². The molecule has 1 amide bonds. The molecule has 0 bridgehead atoms. The second kappa shape index (κ2) is 8.64. The fourth-order valence-electron chi connectivity index (χ4n) is 2.15. The third-order valence-electron chi connectivity index (χ3n) is 3.44. The van der Waals surface area contributed by atoms with E-state index in [1.165, 1.54) is 11.3 Å². The number of rotatable bonds is 6. The number of halogens is 2. The molecule has 1 heterocycles. The van der Waals surface area contributed by atoms with Crippen LogP contribution in [0.2, 0.25) is 5.02 Å². The number of hydrogen-bond acceptors (Lipinski definition) is 4. The summed E-state index contributed by atoms with van der Waals surface area (Å²) in [4.78, 5) is 16.5. The topological polar surface area (TPSA) is 68.0 Å². The average molecular weight is 374 g/mol. The number of carbonyl (C=O) groups is 1. The van der Waals surface area contributed by atoms with E-state index < -0.39 is 0 Å². The SMILES string of the molecule is CC(C)(CNC(=O)c1csc(CCN)n1)c1ccccc1Cl.Cl. The summed E-state index contributed by atoms with van der Waals surface area (Å²) >= 11 is 7.71. The Hall–Kier alpha value is -1.14. The molecule has 0 radical (unpaired) electrons. The molecule has 0 aliphatic carbocycles. The lowest BCUT2D eigenvalue weighted by Crippen LogP contribution is -2.37. The lowest BCUT2D eigenvalue weighted by molar-refractivity contribution is 0.0941. The van der Waals surface area contributed by atoms with Crippen LogP contribution in [-0.4, -0.2) is 24.0 Å². The zero-order chi connectivity index (χ0) is 16.2. The van der Waals surface area contributed by atoms with E-state index in [2.05, 4.69) is 24.1 Å². The molecular weight excluding hydrogens is 353 g/mol. The van der Waals surface area contributed by atoms with E-state index in [1.54, 1.807) is 5.38 Å². The molecule has 126 valence electrons.